The van der Waals surface area contributed by atoms with Crippen LogP contribution < -0.4 is 11.1 Å². The van der Waals surface area contributed by atoms with Crippen LogP contribution in [0, 0.1) is 0 Å². The molecule has 1 aromatic carbocycles. The van der Waals surface area contributed by atoms with Gasteiger partial charge in [-0.25, -0.2) is 0 Å². The quantitative estimate of drug-likeness (QED) is 0.828. The van der Waals surface area contributed by atoms with Crippen molar-refractivity contribution in [1.29, 1.82) is 0 Å². The molecule has 3 N–H and O–H groups in total. The zero-order valence-electron chi connectivity index (χ0n) is 9.98. The number of hydrogen-bond acceptors (Lipinski definition) is 3. The molecule has 6 heteroatoms. The van der Waals surface area contributed by atoms with Gasteiger partial charge in [0.1, 0.15) is 5.25 Å². The molecule has 2 rings (SSSR count). The van der Waals surface area contributed by atoms with E-state index in [1.807, 2.05) is 0 Å². The maximum Gasteiger partial charge on any atom is 0.236 e. The van der Waals surface area contributed by atoms with Crippen molar-refractivity contribution in [3.8, 4) is 0 Å². The lowest BCUT2D eigenvalue weighted by Crippen LogP contribution is -2.36. The third-order valence-corrected chi connectivity index (χ3v) is 4.72. The molecule has 0 radical (unpaired) electrons. The molecule has 98 valence electrons. The number of halogens is 1. The summed E-state index contributed by atoms with van der Waals surface area (Å²) in [6.45, 7) is 1.65. The third kappa shape index (κ3) is 3.03. The Morgan fingerprint density at radius 1 is 1.56 bits per heavy atom. The minimum Gasteiger partial charge on any atom is -0.398 e. The number of benzene rings is 1. The molecular weight excluding hydrogens is 272 g/mol. The highest BCUT2D eigenvalue weighted by Crippen LogP contribution is 2.24. The second-order valence-electron chi connectivity index (χ2n) is 4.41. The van der Waals surface area contributed by atoms with Gasteiger partial charge in [-0.1, -0.05) is 11.6 Å². The third-order valence-electron chi connectivity index (χ3n) is 2.82. The summed E-state index contributed by atoms with van der Waals surface area (Å²) in [6.07, 6.45) is 2.03. The van der Waals surface area contributed by atoms with Gasteiger partial charge in [-0.2, -0.15) is 0 Å². The molecule has 1 aliphatic carbocycles. The molecule has 0 saturated heterocycles. The molecular formula is C12H15ClN2O2S. The first kappa shape index (κ1) is 13.4. The van der Waals surface area contributed by atoms with E-state index in [4.69, 9.17) is 17.3 Å². The Kier molecular flexibility index (Phi) is 3.92. The first-order valence-electron chi connectivity index (χ1n) is 5.75. The molecule has 4 nitrogen and oxygen atoms in total. The van der Waals surface area contributed by atoms with Crippen molar-refractivity contribution in [3.63, 3.8) is 0 Å². The lowest BCUT2D eigenvalue weighted by Gasteiger charge is -2.12. The Morgan fingerprint density at radius 2 is 2.22 bits per heavy atom. The van der Waals surface area contributed by atoms with Crippen LogP contribution in [-0.4, -0.2) is 21.4 Å². The fourth-order valence-corrected chi connectivity index (χ4v) is 2.83. The molecule has 0 aliphatic heterocycles. The zero-order chi connectivity index (χ0) is 13.3. The molecule has 18 heavy (non-hydrogen) atoms. The molecule has 2 unspecified atom stereocenters. The summed E-state index contributed by atoms with van der Waals surface area (Å²) < 4.78 is 12.2. The summed E-state index contributed by atoms with van der Waals surface area (Å²) in [7, 11) is -1.42. The van der Waals surface area contributed by atoms with Crippen LogP contribution in [0.5, 0.6) is 0 Å². The van der Waals surface area contributed by atoms with Crippen molar-refractivity contribution in [1.82, 2.24) is 5.32 Å². The molecule has 0 spiro atoms. The van der Waals surface area contributed by atoms with E-state index in [0.717, 1.165) is 12.8 Å². The van der Waals surface area contributed by atoms with Crippen LogP contribution in [-0.2, 0) is 15.6 Å². The highest BCUT2D eigenvalue weighted by molar-refractivity contribution is 7.86. The number of hydrogen-bond donors (Lipinski definition) is 2. The predicted molar refractivity (Wildman–Crippen MR) is 72.9 cm³/mol. The van der Waals surface area contributed by atoms with E-state index in [2.05, 4.69) is 5.32 Å². The summed E-state index contributed by atoms with van der Waals surface area (Å²) in [5, 5.41) is 2.61. The van der Waals surface area contributed by atoms with Gasteiger partial charge in [-0.3, -0.25) is 9.00 Å². The van der Waals surface area contributed by atoms with Gasteiger partial charge in [0.15, 0.2) is 0 Å². The summed E-state index contributed by atoms with van der Waals surface area (Å²) in [6, 6.07) is 5.06. The fraction of sp³-hybridized carbons (Fsp3) is 0.417. The van der Waals surface area contributed by atoms with Gasteiger partial charge in [0, 0.05) is 10.9 Å². The lowest BCUT2D eigenvalue weighted by molar-refractivity contribution is -0.120. The number of nitrogens with two attached hydrogens (primary N) is 1. The Labute approximate surface area is 113 Å². The van der Waals surface area contributed by atoms with E-state index in [-0.39, 0.29) is 11.9 Å². The molecule has 0 heterocycles. The van der Waals surface area contributed by atoms with Gasteiger partial charge in [0.2, 0.25) is 5.91 Å². The predicted octanol–water partition coefficient (Wildman–Crippen LogP) is 1.70. The Bertz CT molecular complexity index is 503. The van der Waals surface area contributed by atoms with E-state index in [1.54, 1.807) is 25.1 Å². The second kappa shape index (κ2) is 5.28. The van der Waals surface area contributed by atoms with E-state index < -0.39 is 16.0 Å². The van der Waals surface area contributed by atoms with Gasteiger partial charge in [-0.15, -0.1) is 0 Å². The van der Waals surface area contributed by atoms with Crippen molar-refractivity contribution in [2.75, 3.05) is 5.73 Å². The van der Waals surface area contributed by atoms with E-state index in [0.29, 0.717) is 15.6 Å². The molecule has 2 atom stereocenters. The maximum atomic E-state index is 12.2. The SMILES string of the molecule is CC(C(=O)NC1CC1)S(=O)c1ccc(N)c(Cl)c1. The number of nitrogens with one attached hydrogen (secondary N) is 1. The Hall–Kier alpha value is -1.07. The van der Waals surface area contributed by atoms with Crippen LogP contribution in [0.1, 0.15) is 19.8 Å². The highest BCUT2D eigenvalue weighted by Gasteiger charge is 2.28. The first-order chi connectivity index (χ1) is 8.49. The Balaban J connectivity index is 2.08. The molecule has 0 aromatic heterocycles. The smallest absolute Gasteiger partial charge is 0.236 e. The standard InChI is InChI=1S/C12H15ClN2O2S/c1-7(12(16)15-8-2-3-8)18(17)9-4-5-11(14)10(13)6-9/h4-8H,2-3,14H2,1H3,(H,15,16). The maximum absolute atomic E-state index is 12.2. The van der Waals surface area contributed by atoms with Crippen LogP contribution >= 0.6 is 11.6 Å². The van der Waals surface area contributed by atoms with Crippen molar-refractivity contribution in [3.05, 3.63) is 23.2 Å². The molecule has 1 saturated carbocycles. The van der Waals surface area contributed by atoms with Crippen molar-refractivity contribution in [2.45, 2.75) is 36.0 Å². The molecule has 1 fully saturated rings. The van der Waals surface area contributed by atoms with Crippen molar-refractivity contribution >= 4 is 34.0 Å². The zero-order valence-corrected chi connectivity index (χ0v) is 11.6. The van der Waals surface area contributed by atoms with Gasteiger partial charge in [-0.05, 0) is 38.0 Å². The topological polar surface area (TPSA) is 72.2 Å². The summed E-state index contributed by atoms with van der Waals surface area (Å²) in [4.78, 5) is 12.3. The first-order valence-corrected chi connectivity index (χ1v) is 7.34. The molecule has 1 aromatic rings. The fourth-order valence-electron chi connectivity index (χ4n) is 1.48. The van der Waals surface area contributed by atoms with E-state index in [9.17, 15) is 9.00 Å². The summed E-state index contributed by atoms with van der Waals surface area (Å²) in [5.41, 5.74) is 6.03. The average Bonchev–Trinajstić information content (AvgIpc) is 3.14. The molecule has 1 aliphatic rings. The minimum atomic E-state index is -1.42. The normalized spacial score (nSPS) is 18.1. The molecule has 1 amide bonds. The summed E-state index contributed by atoms with van der Waals surface area (Å²) in [5.74, 6) is -0.177. The number of amides is 1. The van der Waals surface area contributed by atoms with Crippen molar-refractivity contribution < 1.29 is 9.00 Å². The molecule has 0 bridgehead atoms. The minimum absolute atomic E-state index is 0.177. The largest absolute Gasteiger partial charge is 0.398 e. The number of rotatable bonds is 4. The number of carbonyl (C=O) groups is 1. The second-order valence-corrected chi connectivity index (χ2v) is 6.59. The van der Waals surface area contributed by atoms with Crippen molar-refractivity contribution in [2.24, 2.45) is 0 Å². The highest BCUT2D eigenvalue weighted by atomic mass is 35.5. The number of nitrogen functional groups attached to an aromatic ring is 1. The van der Waals surface area contributed by atoms with Crippen LogP contribution in [0.4, 0.5) is 5.69 Å². The average molecular weight is 287 g/mol. The van der Waals surface area contributed by atoms with Crippen LogP contribution in [0.2, 0.25) is 5.02 Å². The van der Waals surface area contributed by atoms with Crippen LogP contribution in [0.3, 0.4) is 0 Å². The monoisotopic (exact) mass is 286 g/mol. The summed E-state index contributed by atoms with van der Waals surface area (Å²) >= 11 is 5.88. The number of carbonyl (C=O) groups excluding carboxylic acids is 1. The Morgan fingerprint density at radius 3 is 2.78 bits per heavy atom. The van der Waals surface area contributed by atoms with Crippen LogP contribution in [0.25, 0.3) is 0 Å². The van der Waals surface area contributed by atoms with Gasteiger partial charge in [0.05, 0.1) is 21.5 Å². The van der Waals surface area contributed by atoms with Gasteiger partial charge >= 0.3 is 0 Å². The number of anilines is 1. The van der Waals surface area contributed by atoms with Gasteiger partial charge in [0.25, 0.3) is 0 Å². The van der Waals surface area contributed by atoms with E-state index >= 15 is 0 Å². The lowest BCUT2D eigenvalue weighted by atomic mass is 10.3. The van der Waals surface area contributed by atoms with Gasteiger partial charge < -0.3 is 11.1 Å². The van der Waals surface area contributed by atoms with Crippen LogP contribution in [0.15, 0.2) is 23.1 Å². The van der Waals surface area contributed by atoms with E-state index in [1.165, 1.54) is 0 Å².